The summed E-state index contributed by atoms with van der Waals surface area (Å²) in [6, 6.07) is 14.0. The molecule has 1 heterocycles. The van der Waals surface area contributed by atoms with Crippen LogP contribution >= 0.6 is 11.8 Å². The smallest absolute Gasteiger partial charge is 0.186 e. The molecule has 86 valence electrons. The Morgan fingerprint density at radius 1 is 1.18 bits per heavy atom. The van der Waals surface area contributed by atoms with Crippen LogP contribution in [0.5, 0.6) is 0 Å². The van der Waals surface area contributed by atoms with Gasteiger partial charge in [-0.25, -0.2) is 0 Å². The number of pyridine rings is 1. The second kappa shape index (κ2) is 5.64. The first-order valence-electron chi connectivity index (χ1n) is 5.39. The van der Waals surface area contributed by atoms with Gasteiger partial charge >= 0.3 is 0 Å². The number of carbonyl (C=O) groups is 1. The van der Waals surface area contributed by atoms with Crippen molar-refractivity contribution in [3.63, 3.8) is 0 Å². The maximum atomic E-state index is 10.9. The Morgan fingerprint density at radius 2 is 1.94 bits per heavy atom. The Balaban J connectivity index is 2.11. The fraction of sp³-hybridized carbons (Fsp3) is 0.143. The van der Waals surface area contributed by atoms with Gasteiger partial charge < -0.3 is 0 Å². The predicted molar refractivity (Wildman–Crippen MR) is 71.6 cm³/mol. The molecule has 0 saturated carbocycles. The van der Waals surface area contributed by atoms with E-state index in [0.717, 1.165) is 22.6 Å². The van der Waals surface area contributed by atoms with Crippen molar-refractivity contribution < 1.29 is 4.79 Å². The summed E-state index contributed by atoms with van der Waals surface area (Å²) in [4.78, 5) is 15.2. The minimum atomic E-state index is 0.152. The molecule has 0 bridgehead atoms. The van der Waals surface area contributed by atoms with E-state index in [-0.39, 0.29) is 5.12 Å². The summed E-state index contributed by atoms with van der Waals surface area (Å²) in [5, 5.41) is 0.152. The van der Waals surface area contributed by atoms with E-state index in [1.807, 2.05) is 42.5 Å². The molecule has 0 unspecified atom stereocenters. The zero-order valence-electron chi connectivity index (χ0n) is 9.59. The van der Waals surface area contributed by atoms with Crippen LogP contribution in [0.3, 0.4) is 0 Å². The highest BCUT2D eigenvalue weighted by Crippen LogP contribution is 2.19. The summed E-state index contributed by atoms with van der Waals surface area (Å²) in [6.07, 6.45) is 1.79. The van der Waals surface area contributed by atoms with Gasteiger partial charge in [0, 0.05) is 24.4 Å². The van der Waals surface area contributed by atoms with Crippen LogP contribution in [0.15, 0.2) is 48.7 Å². The fourth-order valence-electron chi connectivity index (χ4n) is 1.49. The number of nitrogens with zero attached hydrogens (tertiary/aromatic N) is 1. The minimum absolute atomic E-state index is 0.152. The molecule has 2 rings (SSSR count). The van der Waals surface area contributed by atoms with Crippen LogP contribution in [0.2, 0.25) is 0 Å². The van der Waals surface area contributed by atoms with Gasteiger partial charge in [-0.05, 0) is 17.7 Å². The molecule has 0 fully saturated rings. The maximum absolute atomic E-state index is 10.9. The van der Waals surface area contributed by atoms with Gasteiger partial charge in [-0.3, -0.25) is 9.78 Å². The van der Waals surface area contributed by atoms with Gasteiger partial charge in [0.2, 0.25) is 0 Å². The van der Waals surface area contributed by atoms with Crippen molar-refractivity contribution in [2.75, 3.05) is 0 Å². The van der Waals surface area contributed by atoms with Crippen LogP contribution in [0.1, 0.15) is 12.5 Å². The van der Waals surface area contributed by atoms with Gasteiger partial charge in [0.1, 0.15) is 0 Å². The van der Waals surface area contributed by atoms with Crippen molar-refractivity contribution >= 4 is 16.9 Å². The van der Waals surface area contributed by atoms with Crippen molar-refractivity contribution in [1.29, 1.82) is 0 Å². The maximum Gasteiger partial charge on any atom is 0.186 e. The van der Waals surface area contributed by atoms with Gasteiger partial charge in [-0.2, -0.15) is 0 Å². The highest BCUT2D eigenvalue weighted by atomic mass is 32.2. The average molecular weight is 243 g/mol. The van der Waals surface area contributed by atoms with Crippen molar-refractivity contribution in [3.05, 3.63) is 54.2 Å². The summed E-state index contributed by atoms with van der Waals surface area (Å²) in [7, 11) is 0. The van der Waals surface area contributed by atoms with Gasteiger partial charge in [0.05, 0.1) is 5.69 Å². The van der Waals surface area contributed by atoms with Crippen molar-refractivity contribution in [3.8, 4) is 11.3 Å². The lowest BCUT2D eigenvalue weighted by Crippen LogP contribution is -1.87. The number of hydrogen-bond donors (Lipinski definition) is 0. The number of thioether (sulfide) groups is 1. The van der Waals surface area contributed by atoms with Crippen molar-refractivity contribution in [1.82, 2.24) is 4.98 Å². The molecule has 17 heavy (non-hydrogen) atoms. The van der Waals surface area contributed by atoms with Crippen LogP contribution in [0, 0.1) is 0 Å². The molecule has 0 amide bonds. The van der Waals surface area contributed by atoms with Crippen molar-refractivity contribution in [2.45, 2.75) is 12.7 Å². The molecule has 0 radical (unpaired) electrons. The molecular weight excluding hydrogens is 230 g/mol. The van der Waals surface area contributed by atoms with E-state index in [4.69, 9.17) is 0 Å². The Labute approximate surface area is 105 Å². The van der Waals surface area contributed by atoms with E-state index >= 15 is 0 Å². The molecule has 0 aliphatic carbocycles. The van der Waals surface area contributed by atoms with E-state index < -0.39 is 0 Å². The molecule has 0 N–H and O–H groups in total. The summed E-state index contributed by atoms with van der Waals surface area (Å²) in [5.74, 6) is 0.734. The molecule has 0 saturated heterocycles. The van der Waals surface area contributed by atoms with Gasteiger partial charge in [-0.15, -0.1) is 0 Å². The Kier molecular flexibility index (Phi) is 3.94. The first-order valence-corrected chi connectivity index (χ1v) is 6.38. The number of rotatable bonds is 3. The number of aromatic nitrogens is 1. The molecule has 1 aromatic heterocycles. The summed E-state index contributed by atoms with van der Waals surface area (Å²) in [6.45, 7) is 1.59. The number of hydrogen-bond acceptors (Lipinski definition) is 3. The zero-order chi connectivity index (χ0) is 12.1. The summed E-state index contributed by atoms with van der Waals surface area (Å²) in [5.41, 5.74) is 3.23. The molecule has 0 aliphatic rings. The normalized spacial score (nSPS) is 10.2. The average Bonchev–Trinajstić information content (AvgIpc) is 2.38. The van der Waals surface area contributed by atoms with Gasteiger partial charge in [-0.1, -0.05) is 42.1 Å². The van der Waals surface area contributed by atoms with E-state index in [9.17, 15) is 4.79 Å². The predicted octanol–water partition coefficient (Wildman–Crippen LogP) is 3.53. The monoisotopic (exact) mass is 243 g/mol. The summed E-state index contributed by atoms with van der Waals surface area (Å²) < 4.78 is 0. The number of benzene rings is 1. The lowest BCUT2D eigenvalue weighted by atomic mass is 10.1. The molecule has 0 spiro atoms. The fourth-order valence-corrected chi connectivity index (χ4v) is 2.05. The Hall–Kier alpha value is -1.61. The van der Waals surface area contributed by atoms with E-state index in [1.54, 1.807) is 13.1 Å². The topological polar surface area (TPSA) is 30.0 Å². The van der Waals surface area contributed by atoms with E-state index in [0.29, 0.717) is 0 Å². The summed E-state index contributed by atoms with van der Waals surface area (Å²) >= 11 is 1.33. The molecule has 3 heteroatoms. The second-order valence-electron chi connectivity index (χ2n) is 3.69. The first kappa shape index (κ1) is 11.9. The Bertz CT molecular complexity index is 493. The Morgan fingerprint density at radius 3 is 2.53 bits per heavy atom. The largest absolute Gasteiger partial charge is 0.288 e. The third kappa shape index (κ3) is 3.43. The third-order valence-corrected chi connectivity index (χ3v) is 3.24. The third-order valence-electron chi connectivity index (χ3n) is 2.36. The molecule has 0 atom stereocenters. The van der Waals surface area contributed by atoms with Crippen LogP contribution < -0.4 is 0 Å². The van der Waals surface area contributed by atoms with Crippen molar-refractivity contribution in [2.24, 2.45) is 0 Å². The van der Waals surface area contributed by atoms with Crippen LogP contribution in [0.25, 0.3) is 11.3 Å². The van der Waals surface area contributed by atoms with Gasteiger partial charge in [0.15, 0.2) is 5.12 Å². The second-order valence-corrected chi connectivity index (χ2v) is 4.84. The quantitative estimate of drug-likeness (QED) is 0.826. The number of carbonyl (C=O) groups excluding carboxylic acids is 1. The van der Waals surface area contributed by atoms with Crippen LogP contribution in [-0.4, -0.2) is 10.1 Å². The molecular formula is C14H13NOS. The highest BCUT2D eigenvalue weighted by molar-refractivity contribution is 8.12. The molecule has 2 aromatic rings. The molecule has 1 aromatic carbocycles. The zero-order valence-corrected chi connectivity index (χ0v) is 10.4. The first-order chi connectivity index (χ1) is 8.25. The van der Waals surface area contributed by atoms with E-state index in [2.05, 4.69) is 4.98 Å². The lowest BCUT2D eigenvalue weighted by Gasteiger charge is -2.02. The lowest BCUT2D eigenvalue weighted by molar-refractivity contribution is -0.109. The highest BCUT2D eigenvalue weighted by Gasteiger charge is 2.00. The SMILES string of the molecule is CC(=O)SCc1ccc(-c2ccccn2)cc1. The standard InChI is InChI=1S/C14H13NOS/c1-11(16)17-10-12-5-7-13(8-6-12)14-4-2-3-9-15-14/h2-9H,10H2,1H3. The molecule has 0 aliphatic heterocycles. The van der Waals surface area contributed by atoms with Crippen LogP contribution in [-0.2, 0) is 10.5 Å². The van der Waals surface area contributed by atoms with Crippen LogP contribution in [0.4, 0.5) is 0 Å². The minimum Gasteiger partial charge on any atom is -0.288 e. The van der Waals surface area contributed by atoms with E-state index in [1.165, 1.54) is 11.8 Å². The molecule has 2 nitrogen and oxygen atoms in total. The van der Waals surface area contributed by atoms with Gasteiger partial charge in [0.25, 0.3) is 0 Å².